The van der Waals surface area contributed by atoms with Crippen LogP contribution < -0.4 is 5.73 Å². The molecule has 5 heteroatoms. The molecule has 0 amide bonds. The van der Waals surface area contributed by atoms with Crippen LogP contribution in [0.2, 0.25) is 0 Å². The number of tetrazole rings is 1. The van der Waals surface area contributed by atoms with Gasteiger partial charge in [-0.1, -0.05) is 6.92 Å². The largest absolute Gasteiger partial charge is 0.321 e. The second kappa shape index (κ2) is 3.43. The van der Waals surface area contributed by atoms with E-state index in [1.165, 1.54) is 0 Å². The van der Waals surface area contributed by atoms with Crippen molar-refractivity contribution in [1.82, 2.24) is 20.2 Å². The topological polar surface area (TPSA) is 69.6 Å². The van der Waals surface area contributed by atoms with Gasteiger partial charge in [-0.15, -0.1) is 10.2 Å². The summed E-state index contributed by atoms with van der Waals surface area (Å²) < 4.78 is 0. The van der Waals surface area contributed by atoms with E-state index in [4.69, 9.17) is 5.73 Å². The molecule has 1 atom stereocenters. The summed E-state index contributed by atoms with van der Waals surface area (Å²) in [4.78, 5) is 1.57. The molecular formula is C6H13N5. The maximum absolute atomic E-state index is 5.54. The number of aromatic nitrogens is 4. The fourth-order valence-electron chi connectivity index (χ4n) is 0.733. The van der Waals surface area contributed by atoms with E-state index in [0.29, 0.717) is 5.82 Å². The lowest BCUT2D eigenvalue weighted by Gasteiger charge is -1.94. The standard InChI is InChI=1S/C6H13N5/c1-3-4-11-9-6(5(2)7)8-10-11/h5H,3-4,7H2,1-2H3. The Kier molecular flexibility index (Phi) is 2.53. The van der Waals surface area contributed by atoms with Gasteiger partial charge in [-0.25, -0.2) is 0 Å². The average Bonchev–Trinajstić information content (AvgIpc) is 2.37. The number of hydrogen-bond acceptors (Lipinski definition) is 4. The zero-order valence-corrected chi connectivity index (χ0v) is 6.86. The van der Waals surface area contributed by atoms with Gasteiger partial charge >= 0.3 is 0 Å². The van der Waals surface area contributed by atoms with Crippen LogP contribution in [0.25, 0.3) is 0 Å². The molecule has 2 N–H and O–H groups in total. The second-order valence-corrected chi connectivity index (χ2v) is 2.53. The van der Waals surface area contributed by atoms with E-state index in [0.717, 1.165) is 13.0 Å². The SMILES string of the molecule is CCCn1nnc(C(C)N)n1. The molecule has 0 saturated carbocycles. The van der Waals surface area contributed by atoms with Crippen molar-refractivity contribution in [2.45, 2.75) is 32.9 Å². The lowest BCUT2D eigenvalue weighted by Crippen LogP contribution is -2.08. The molecule has 0 spiro atoms. The minimum absolute atomic E-state index is 0.124. The van der Waals surface area contributed by atoms with Gasteiger partial charge in [-0.3, -0.25) is 0 Å². The van der Waals surface area contributed by atoms with Crippen LogP contribution >= 0.6 is 0 Å². The molecule has 1 heterocycles. The normalized spacial score (nSPS) is 13.4. The monoisotopic (exact) mass is 155 g/mol. The van der Waals surface area contributed by atoms with Gasteiger partial charge < -0.3 is 5.73 Å². The molecule has 0 aliphatic rings. The molecule has 0 radical (unpaired) electrons. The number of hydrogen-bond donors (Lipinski definition) is 1. The zero-order valence-electron chi connectivity index (χ0n) is 6.86. The molecule has 11 heavy (non-hydrogen) atoms. The van der Waals surface area contributed by atoms with Crippen molar-refractivity contribution in [3.63, 3.8) is 0 Å². The molecule has 0 aromatic carbocycles. The van der Waals surface area contributed by atoms with E-state index in [-0.39, 0.29) is 6.04 Å². The van der Waals surface area contributed by atoms with Gasteiger partial charge in [0.15, 0.2) is 5.82 Å². The molecule has 1 unspecified atom stereocenters. The van der Waals surface area contributed by atoms with Crippen LogP contribution in [0.5, 0.6) is 0 Å². The highest BCUT2D eigenvalue weighted by Gasteiger charge is 2.05. The Morgan fingerprint density at radius 2 is 2.36 bits per heavy atom. The Bertz CT molecular complexity index is 217. The summed E-state index contributed by atoms with van der Waals surface area (Å²) in [7, 11) is 0. The molecule has 0 aliphatic carbocycles. The van der Waals surface area contributed by atoms with Crippen molar-refractivity contribution < 1.29 is 0 Å². The van der Waals surface area contributed by atoms with Crippen LogP contribution in [0.3, 0.4) is 0 Å². The zero-order chi connectivity index (χ0) is 8.27. The average molecular weight is 155 g/mol. The lowest BCUT2D eigenvalue weighted by atomic mass is 10.4. The summed E-state index contributed by atoms with van der Waals surface area (Å²) in [5, 5.41) is 11.7. The van der Waals surface area contributed by atoms with Gasteiger partial charge in [0.05, 0.1) is 12.6 Å². The molecule has 0 fully saturated rings. The summed E-state index contributed by atoms with van der Waals surface area (Å²) in [5.41, 5.74) is 5.54. The van der Waals surface area contributed by atoms with Crippen LogP contribution in [0, 0.1) is 0 Å². The van der Waals surface area contributed by atoms with Gasteiger partial charge in [-0.2, -0.15) is 4.80 Å². The highest BCUT2D eigenvalue weighted by atomic mass is 15.6. The van der Waals surface area contributed by atoms with Gasteiger partial charge in [0.25, 0.3) is 0 Å². The molecular weight excluding hydrogens is 142 g/mol. The molecule has 0 aliphatic heterocycles. The molecule has 1 rings (SSSR count). The molecule has 62 valence electrons. The second-order valence-electron chi connectivity index (χ2n) is 2.53. The highest BCUT2D eigenvalue weighted by molar-refractivity contribution is 4.83. The van der Waals surface area contributed by atoms with Crippen LogP contribution in [0.4, 0.5) is 0 Å². The van der Waals surface area contributed by atoms with E-state index in [9.17, 15) is 0 Å². The summed E-state index contributed by atoms with van der Waals surface area (Å²) in [6, 6.07) is -0.124. The van der Waals surface area contributed by atoms with Crippen molar-refractivity contribution in [2.24, 2.45) is 5.73 Å². The Morgan fingerprint density at radius 3 is 2.82 bits per heavy atom. The van der Waals surface area contributed by atoms with Crippen molar-refractivity contribution in [3.8, 4) is 0 Å². The molecule has 0 saturated heterocycles. The van der Waals surface area contributed by atoms with Gasteiger partial charge in [0.2, 0.25) is 0 Å². The smallest absolute Gasteiger partial charge is 0.191 e. The fourth-order valence-corrected chi connectivity index (χ4v) is 0.733. The predicted molar refractivity (Wildman–Crippen MR) is 40.7 cm³/mol. The van der Waals surface area contributed by atoms with Crippen LogP contribution in [0.1, 0.15) is 32.1 Å². The van der Waals surface area contributed by atoms with Crippen molar-refractivity contribution in [1.29, 1.82) is 0 Å². The number of rotatable bonds is 3. The Balaban J connectivity index is 2.66. The lowest BCUT2D eigenvalue weighted by molar-refractivity contribution is 0.511. The van der Waals surface area contributed by atoms with Gasteiger partial charge in [0.1, 0.15) is 0 Å². The van der Waals surface area contributed by atoms with E-state index < -0.39 is 0 Å². The highest BCUT2D eigenvalue weighted by Crippen LogP contribution is 1.98. The Hall–Kier alpha value is -0.970. The first-order valence-corrected chi connectivity index (χ1v) is 3.77. The van der Waals surface area contributed by atoms with Crippen molar-refractivity contribution in [2.75, 3.05) is 0 Å². The van der Waals surface area contributed by atoms with Crippen molar-refractivity contribution >= 4 is 0 Å². The number of nitrogens with two attached hydrogens (primary N) is 1. The number of aryl methyl sites for hydroxylation is 1. The third-order valence-corrected chi connectivity index (χ3v) is 1.30. The van der Waals surface area contributed by atoms with E-state index in [1.54, 1.807) is 4.80 Å². The third kappa shape index (κ3) is 1.98. The summed E-state index contributed by atoms with van der Waals surface area (Å²) in [6.45, 7) is 4.71. The van der Waals surface area contributed by atoms with Crippen LogP contribution in [0.15, 0.2) is 0 Å². The third-order valence-electron chi connectivity index (χ3n) is 1.30. The fraction of sp³-hybridized carbons (Fsp3) is 0.833. The molecule has 1 aromatic rings. The van der Waals surface area contributed by atoms with Crippen LogP contribution in [-0.4, -0.2) is 20.2 Å². The summed E-state index contributed by atoms with van der Waals surface area (Å²) in [6.07, 6.45) is 1.01. The van der Waals surface area contributed by atoms with Crippen LogP contribution in [-0.2, 0) is 6.54 Å². The quantitative estimate of drug-likeness (QED) is 0.672. The summed E-state index contributed by atoms with van der Waals surface area (Å²) in [5.74, 6) is 0.610. The van der Waals surface area contributed by atoms with E-state index >= 15 is 0 Å². The predicted octanol–water partition coefficient (Wildman–Crippen LogP) is 0.103. The van der Waals surface area contributed by atoms with E-state index in [2.05, 4.69) is 22.3 Å². The molecule has 5 nitrogen and oxygen atoms in total. The Labute approximate surface area is 65.6 Å². The molecule has 1 aromatic heterocycles. The van der Waals surface area contributed by atoms with Crippen molar-refractivity contribution in [3.05, 3.63) is 5.82 Å². The number of nitrogens with zero attached hydrogens (tertiary/aromatic N) is 4. The Morgan fingerprint density at radius 1 is 1.64 bits per heavy atom. The maximum Gasteiger partial charge on any atom is 0.191 e. The van der Waals surface area contributed by atoms with Gasteiger partial charge in [-0.05, 0) is 18.6 Å². The first-order chi connectivity index (χ1) is 5.24. The van der Waals surface area contributed by atoms with Gasteiger partial charge in [0, 0.05) is 0 Å². The van der Waals surface area contributed by atoms with E-state index in [1.807, 2.05) is 6.92 Å². The first kappa shape index (κ1) is 8.13. The first-order valence-electron chi connectivity index (χ1n) is 3.77. The summed E-state index contributed by atoms with van der Waals surface area (Å²) >= 11 is 0. The maximum atomic E-state index is 5.54. The minimum Gasteiger partial charge on any atom is -0.321 e. The molecule has 0 bridgehead atoms. The minimum atomic E-state index is -0.124.